The molecule has 0 radical (unpaired) electrons. The summed E-state index contributed by atoms with van der Waals surface area (Å²) in [6, 6.07) is 1.50. The van der Waals surface area contributed by atoms with Crippen LogP contribution in [0.5, 0.6) is 0 Å². The molecule has 0 aliphatic rings. The summed E-state index contributed by atoms with van der Waals surface area (Å²) in [4.78, 5) is -0.901. The number of hydrogen-bond acceptors (Lipinski definition) is 5. The summed E-state index contributed by atoms with van der Waals surface area (Å²) in [7, 11) is 0. The molecule has 4 N–H and O–H groups in total. The topological polar surface area (TPSA) is 90.7 Å². The number of rotatable bonds is 3. The van der Waals surface area contributed by atoms with Crippen molar-refractivity contribution in [2.24, 2.45) is 11.5 Å². The Balaban J connectivity index is 2.96. The molecule has 1 rings (SSSR count). The summed E-state index contributed by atoms with van der Waals surface area (Å²) in [6.07, 6.45) is 1.40. The third-order valence-electron chi connectivity index (χ3n) is 1.62. The molecule has 0 saturated carbocycles. The van der Waals surface area contributed by atoms with Gasteiger partial charge in [0.1, 0.15) is 21.6 Å². The van der Waals surface area contributed by atoms with E-state index in [0.717, 1.165) is 0 Å². The minimum atomic E-state index is -1.44. The Hall–Kier alpha value is -0.200. The third-order valence-corrected chi connectivity index (χ3v) is 3.00. The highest BCUT2D eigenvalue weighted by Crippen LogP contribution is 2.26. The number of nitrogens with two attached hydrogens (primary N) is 2. The third kappa shape index (κ3) is 2.43. The summed E-state index contributed by atoms with van der Waals surface area (Å²) in [5, 5.41) is 9.64. The largest absolute Gasteiger partial charge is 0.307 e. The molecule has 0 aliphatic carbocycles. The molecule has 0 bridgehead atoms. The van der Waals surface area contributed by atoms with E-state index in [2.05, 4.69) is 15.4 Å². The summed E-state index contributed by atoms with van der Waals surface area (Å²) in [5.74, 6) is 0. The fourth-order valence-corrected chi connectivity index (χ4v) is 1.35. The number of halogens is 3. The summed E-state index contributed by atoms with van der Waals surface area (Å²) >= 11 is 17.0. The number of aromatic nitrogens is 3. The van der Waals surface area contributed by atoms with Crippen LogP contribution in [0.4, 0.5) is 0 Å². The van der Waals surface area contributed by atoms with Crippen LogP contribution in [0.1, 0.15) is 5.69 Å². The van der Waals surface area contributed by atoms with Gasteiger partial charge in [-0.3, -0.25) is 0 Å². The maximum Gasteiger partial charge on any atom is 0.129 e. The van der Waals surface area contributed by atoms with Gasteiger partial charge in [0.15, 0.2) is 0 Å². The van der Waals surface area contributed by atoms with Crippen LogP contribution in [0.15, 0.2) is 12.3 Å². The first kappa shape index (κ1) is 11.9. The van der Waals surface area contributed by atoms with E-state index < -0.39 is 15.9 Å². The molecule has 1 heterocycles. The zero-order chi connectivity index (χ0) is 10.8. The maximum absolute atomic E-state index is 5.84. The second-order valence-electron chi connectivity index (χ2n) is 2.68. The minimum absolute atomic E-state index is 0.277. The van der Waals surface area contributed by atoms with Crippen molar-refractivity contribution < 1.29 is 0 Å². The smallest absolute Gasteiger partial charge is 0.129 e. The Morgan fingerprint density at radius 3 is 2.36 bits per heavy atom. The Kier molecular flexibility index (Phi) is 3.86. The van der Waals surface area contributed by atoms with Crippen LogP contribution in [0, 0.1) is 0 Å². The quantitative estimate of drug-likeness (QED) is 0.602. The van der Waals surface area contributed by atoms with Crippen molar-refractivity contribution in [2.45, 2.75) is 15.9 Å². The maximum atomic E-state index is 5.84. The van der Waals surface area contributed by atoms with E-state index in [1.807, 2.05) is 0 Å². The summed E-state index contributed by atoms with van der Waals surface area (Å²) in [5.41, 5.74) is 10.3. The Morgan fingerprint density at radius 2 is 1.93 bits per heavy atom. The molecular formula is C6H8Cl3N5. The lowest BCUT2D eigenvalue weighted by Gasteiger charge is -2.28. The van der Waals surface area contributed by atoms with Crippen LogP contribution < -0.4 is 11.5 Å². The standard InChI is InChI=1S/C6H8Cl3N5/c7-4(5(8)9)6(10,11)3-1-2-12-14-13-3/h1-2,4-5H,10-11H2. The van der Waals surface area contributed by atoms with Crippen molar-refractivity contribution in [2.75, 3.05) is 0 Å². The van der Waals surface area contributed by atoms with Gasteiger partial charge in [-0.05, 0) is 11.3 Å². The van der Waals surface area contributed by atoms with Gasteiger partial charge in [0.25, 0.3) is 0 Å². The van der Waals surface area contributed by atoms with Crippen molar-refractivity contribution in [3.05, 3.63) is 18.0 Å². The van der Waals surface area contributed by atoms with Crippen LogP contribution in [0.25, 0.3) is 0 Å². The number of hydrogen-bond donors (Lipinski definition) is 2. The Labute approximate surface area is 95.7 Å². The van der Waals surface area contributed by atoms with E-state index in [9.17, 15) is 0 Å². The molecule has 1 unspecified atom stereocenters. The van der Waals surface area contributed by atoms with Crippen molar-refractivity contribution >= 4 is 34.8 Å². The molecule has 5 nitrogen and oxygen atoms in total. The van der Waals surface area contributed by atoms with E-state index in [0.29, 0.717) is 0 Å². The van der Waals surface area contributed by atoms with Gasteiger partial charge in [0.05, 0.1) is 6.20 Å². The molecule has 0 aromatic carbocycles. The van der Waals surface area contributed by atoms with Crippen molar-refractivity contribution in [3.63, 3.8) is 0 Å². The van der Waals surface area contributed by atoms with Gasteiger partial charge < -0.3 is 11.5 Å². The molecule has 0 spiro atoms. The van der Waals surface area contributed by atoms with Gasteiger partial charge in [-0.15, -0.1) is 45.0 Å². The lowest BCUT2D eigenvalue weighted by atomic mass is 10.1. The van der Waals surface area contributed by atoms with Crippen molar-refractivity contribution in [1.29, 1.82) is 0 Å². The SMILES string of the molecule is NC(N)(c1ccnnn1)C(Cl)C(Cl)Cl. The fraction of sp³-hybridized carbons (Fsp3) is 0.500. The summed E-state index contributed by atoms with van der Waals surface area (Å²) < 4.78 is 0. The van der Waals surface area contributed by atoms with Crippen molar-refractivity contribution in [3.8, 4) is 0 Å². The van der Waals surface area contributed by atoms with E-state index >= 15 is 0 Å². The first-order valence-corrected chi connectivity index (χ1v) is 4.92. The molecule has 8 heteroatoms. The first-order chi connectivity index (χ1) is 6.46. The minimum Gasteiger partial charge on any atom is -0.307 e. The van der Waals surface area contributed by atoms with Gasteiger partial charge in [-0.1, -0.05) is 0 Å². The van der Waals surface area contributed by atoms with E-state index in [1.165, 1.54) is 12.3 Å². The molecule has 1 aromatic heterocycles. The average molecular weight is 257 g/mol. The highest BCUT2D eigenvalue weighted by atomic mass is 35.5. The lowest BCUT2D eigenvalue weighted by molar-refractivity contribution is 0.427. The van der Waals surface area contributed by atoms with Gasteiger partial charge in [-0.2, -0.15) is 0 Å². The van der Waals surface area contributed by atoms with E-state index in [1.54, 1.807) is 0 Å². The van der Waals surface area contributed by atoms with Gasteiger partial charge in [0.2, 0.25) is 0 Å². The molecule has 78 valence electrons. The second kappa shape index (κ2) is 4.55. The predicted molar refractivity (Wildman–Crippen MR) is 55.0 cm³/mol. The monoisotopic (exact) mass is 255 g/mol. The second-order valence-corrected chi connectivity index (χ2v) is 4.31. The zero-order valence-corrected chi connectivity index (χ0v) is 9.21. The Morgan fingerprint density at radius 1 is 1.29 bits per heavy atom. The van der Waals surface area contributed by atoms with Crippen LogP contribution in [-0.4, -0.2) is 25.6 Å². The molecule has 0 saturated heterocycles. The lowest BCUT2D eigenvalue weighted by Crippen LogP contribution is -2.56. The number of alkyl halides is 3. The first-order valence-electron chi connectivity index (χ1n) is 3.61. The van der Waals surface area contributed by atoms with Crippen molar-refractivity contribution in [1.82, 2.24) is 15.4 Å². The number of nitrogens with zero attached hydrogens (tertiary/aromatic N) is 3. The van der Waals surface area contributed by atoms with Crippen LogP contribution in [0.2, 0.25) is 0 Å². The predicted octanol–water partition coefficient (Wildman–Crippen LogP) is 0.353. The van der Waals surface area contributed by atoms with Gasteiger partial charge in [-0.25, -0.2) is 0 Å². The van der Waals surface area contributed by atoms with Crippen LogP contribution in [0.3, 0.4) is 0 Å². The average Bonchev–Trinajstić information content (AvgIpc) is 2.18. The fourth-order valence-electron chi connectivity index (χ4n) is 0.822. The zero-order valence-electron chi connectivity index (χ0n) is 6.94. The molecule has 0 amide bonds. The van der Waals surface area contributed by atoms with E-state index in [4.69, 9.17) is 46.3 Å². The van der Waals surface area contributed by atoms with Gasteiger partial charge >= 0.3 is 0 Å². The summed E-state index contributed by atoms with van der Waals surface area (Å²) in [6.45, 7) is 0. The van der Waals surface area contributed by atoms with Crippen LogP contribution in [-0.2, 0) is 5.66 Å². The van der Waals surface area contributed by atoms with Gasteiger partial charge in [0, 0.05) is 0 Å². The Bertz CT molecular complexity index is 291. The molecule has 0 fully saturated rings. The normalized spacial score (nSPS) is 14.4. The van der Waals surface area contributed by atoms with Crippen LogP contribution >= 0.6 is 34.8 Å². The molecule has 1 atom stereocenters. The molecular weight excluding hydrogens is 248 g/mol. The molecule has 0 aliphatic heterocycles. The molecule has 1 aromatic rings. The molecule has 14 heavy (non-hydrogen) atoms. The van der Waals surface area contributed by atoms with E-state index in [-0.39, 0.29) is 5.69 Å². The highest BCUT2D eigenvalue weighted by molar-refractivity contribution is 6.48. The highest BCUT2D eigenvalue weighted by Gasteiger charge is 2.37.